The lowest BCUT2D eigenvalue weighted by Gasteiger charge is -2.04. The highest BCUT2D eigenvalue weighted by Gasteiger charge is 2.15. The van der Waals surface area contributed by atoms with Crippen molar-refractivity contribution in [2.75, 3.05) is 5.75 Å². The van der Waals surface area contributed by atoms with E-state index in [0.29, 0.717) is 6.07 Å². The van der Waals surface area contributed by atoms with Gasteiger partial charge in [-0.15, -0.1) is 0 Å². The molecule has 0 saturated heterocycles. The summed E-state index contributed by atoms with van der Waals surface area (Å²) in [6.45, 7) is 0. The van der Waals surface area contributed by atoms with Gasteiger partial charge >= 0.3 is 0 Å². The van der Waals surface area contributed by atoms with E-state index < -0.39 is 22.4 Å². The summed E-state index contributed by atoms with van der Waals surface area (Å²) < 4.78 is 38.1. The number of carbonyl (C=O) groups is 1. The molecule has 0 bridgehead atoms. The van der Waals surface area contributed by atoms with Gasteiger partial charge in [0.2, 0.25) is 0 Å². The summed E-state index contributed by atoms with van der Waals surface area (Å²) in [4.78, 5) is 11.6. The largest absolute Gasteiger partial charge is 0.298 e. The third-order valence-corrected chi connectivity index (χ3v) is 4.08. The lowest BCUT2D eigenvalue weighted by atomic mass is 10.1. The van der Waals surface area contributed by atoms with Crippen LogP contribution >= 0.6 is 0 Å². The van der Waals surface area contributed by atoms with Gasteiger partial charge in [0.25, 0.3) is 0 Å². The monoisotopic (exact) mass is 294 g/mol. The van der Waals surface area contributed by atoms with Crippen molar-refractivity contribution < 1.29 is 17.8 Å². The van der Waals surface area contributed by atoms with Gasteiger partial charge in [-0.3, -0.25) is 9.00 Å². The van der Waals surface area contributed by atoms with Gasteiger partial charge < -0.3 is 0 Å². The molecule has 0 radical (unpaired) electrons. The Hall–Kier alpha value is -1.88. The highest BCUT2D eigenvalue weighted by molar-refractivity contribution is 7.85. The molecule has 0 saturated carbocycles. The molecule has 20 heavy (non-hydrogen) atoms. The molecule has 104 valence electrons. The van der Waals surface area contributed by atoms with Gasteiger partial charge in [0.1, 0.15) is 17.4 Å². The molecule has 0 aliphatic carbocycles. The number of benzene rings is 2. The van der Waals surface area contributed by atoms with E-state index in [0.717, 1.165) is 17.7 Å². The van der Waals surface area contributed by atoms with E-state index in [1.54, 1.807) is 24.3 Å². The van der Waals surface area contributed by atoms with Crippen molar-refractivity contribution in [2.24, 2.45) is 0 Å². The fraction of sp³-hybridized carbons (Fsp3) is 0.133. The number of ketones is 1. The normalized spacial score (nSPS) is 12.1. The van der Waals surface area contributed by atoms with Gasteiger partial charge in [-0.1, -0.05) is 30.3 Å². The van der Waals surface area contributed by atoms with E-state index in [4.69, 9.17) is 0 Å². The second kappa shape index (κ2) is 6.52. The van der Waals surface area contributed by atoms with Gasteiger partial charge in [0, 0.05) is 12.5 Å². The number of carbonyl (C=O) groups excluding carboxylic acids is 1. The molecule has 0 aromatic heterocycles. The van der Waals surface area contributed by atoms with E-state index in [-0.39, 0.29) is 22.9 Å². The summed E-state index contributed by atoms with van der Waals surface area (Å²) in [6.07, 6.45) is 0.148. The molecule has 0 aliphatic heterocycles. The smallest absolute Gasteiger partial charge is 0.150 e. The number of halogens is 2. The SMILES string of the molecule is O=C(Cc1ccccc1)CS(=O)c1ccc(F)cc1F. The van der Waals surface area contributed by atoms with E-state index in [2.05, 4.69) is 0 Å². The second-order valence-electron chi connectivity index (χ2n) is 4.27. The Bertz CT molecular complexity index is 642. The summed E-state index contributed by atoms with van der Waals surface area (Å²) in [5, 5.41) is 0. The van der Waals surface area contributed by atoms with Crippen LogP contribution in [0.15, 0.2) is 53.4 Å². The van der Waals surface area contributed by atoms with Crippen LogP contribution in [0.1, 0.15) is 5.56 Å². The zero-order valence-electron chi connectivity index (χ0n) is 10.5. The number of hydrogen-bond acceptors (Lipinski definition) is 2. The van der Waals surface area contributed by atoms with Crippen molar-refractivity contribution >= 4 is 16.6 Å². The van der Waals surface area contributed by atoms with Gasteiger partial charge in [0.15, 0.2) is 0 Å². The molecule has 0 fully saturated rings. The maximum Gasteiger partial charge on any atom is 0.150 e. The van der Waals surface area contributed by atoms with Crippen LogP contribution in [0, 0.1) is 11.6 Å². The first-order valence-electron chi connectivity index (χ1n) is 5.95. The summed E-state index contributed by atoms with van der Waals surface area (Å²) in [5.74, 6) is -2.16. The summed E-state index contributed by atoms with van der Waals surface area (Å²) >= 11 is 0. The minimum absolute atomic E-state index is 0.146. The van der Waals surface area contributed by atoms with Crippen LogP contribution in [-0.4, -0.2) is 15.7 Å². The number of Topliss-reactive ketones (excluding diaryl/α,β-unsaturated/α-hetero) is 1. The third kappa shape index (κ3) is 3.81. The zero-order chi connectivity index (χ0) is 14.5. The van der Waals surface area contributed by atoms with Crippen LogP contribution in [-0.2, 0) is 22.0 Å². The Morgan fingerprint density at radius 1 is 1.05 bits per heavy atom. The third-order valence-electron chi connectivity index (χ3n) is 2.68. The first kappa shape index (κ1) is 14.5. The van der Waals surface area contributed by atoms with Crippen molar-refractivity contribution in [3.05, 3.63) is 65.7 Å². The van der Waals surface area contributed by atoms with Gasteiger partial charge in [-0.05, 0) is 17.7 Å². The maximum absolute atomic E-state index is 13.4. The Kier molecular flexibility index (Phi) is 4.74. The standard InChI is InChI=1S/C15H12F2O2S/c16-12-6-7-15(14(17)9-12)20(19)10-13(18)8-11-4-2-1-3-5-11/h1-7,9H,8,10H2. The Balaban J connectivity index is 2.02. The molecule has 0 amide bonds. The number of hydrogen-bond donors (Lipinski definition) is 0. The fourth-order valence-corrected chi connectivity index (χ4v) is 2.80. The molecular weight excluding hydrogens is 282 g/mol. The molecule has 0 aliphatic rings. The summed E-state index contributed by atoms with van der Waals surface area (Å²) in [7, 11) is -1.80. The van der Waals surface area contributed by atoms with Crippen molar-refractivity contribution in [3.8, 4) is 0 Å². The van der Waals surface area contributed by atoms with E-state index in [9.17, 15) is 17.8 Å². The Labute approximate surface area is 117 Å². The van der Waals surface area contributed by atoms with E-state index >= 15 is 0 Å². The molecule has 0 heterocycles. The van der Waals surface area contributed by atoms with Gasteiger partial charge in [-0.25, -0.2) is 8.78 Å². The second-order valence-corrected chi connectivity index (χ2v) is 5.69. The first-order chi connectivity index (χ1) is 9.56. The van der Waals surface area contributed by atoms with Crippen LogP contribution in [0.25, 0.3) is 0 Å². The minimum Gasteiger partial charge on any atom is -0.298 e. The topological polar surface area (TPSA) is 34.1 Å². The van der Waals surface area contributed by atoms with Crippen LogP contribution in [0.5, 0.6) is 0 Å². The fourth-order valence-electron chi connectivity index (χ4n) is 1.76. The molecule has 2 aromatic carbocycles. The minimum atomic E-state index is -1.80. The van der Waals surface area contributed by atoms with Crippen LogP contribution in [0.2, 0.25) is 0 Å². The molecule has 1 atom stereocenters. The lowest BCUT2D eigenvalue weighted by molar-refractivity contribution is -0.116. The summed E-state index contributed by atoms with van der Waals surface area (Å²) in [6, 6.07) is 11.8. The molecule has 1 unspecified atom stereocenters. The number of rotatable bonds is 5. The Morgan fingerprint density at radius 3 is 2.40 bits per heavy atom. The van der Waals surface area contributed by atoms with Crippen molar-refractivity contribution in [2.45, 2.75) is 11.3 Å². The summed E-state index contributed by atoms with van der Waals surface area (Å²) in [5.41, 5.74) is 0.814. The highest BCUT2D eigenvalue weighted by Crippen LogP contribution is 2.14. The first-order valence-corrected chi connectivity index (χ1v) is 7.27. The Morgan fingerprint density at radius 2 is 1.75 bits per heavy atom. The predicted octanol–water partition coefficient (Wildman–Crippen LogP) is 2.88. The molecule has 2 aromatic rings. The molecule has 0 spiro atoms. The van der Waals surface area contributed by atoms with Crippen LogP contribution < -0.4 is 0 Å². The van der Waals surface area contributed by atoms with Gasteiger partial charge in [0.05, 0.1) is 21.4 Å². The van der Waals surface area contributed by atoms with Crippen LogP contribution in [0.3, 0.4) is 0 Å². The average molecular weight is 294 g/mol. The van der Waals surface area contributed by atoms with Crippen molar-refractivity contribution in [1.82, 2.24) is 0 Å². The average Bonchev–Trinajstić information content (AvgIpc) is 2.39. The van der Waals surface area contributed by atoms with E-state index in [1.807, 2.05) is 6.07 Å². The van der Waals surface area contributed by atoms with Crippen molar-refractivity contribution in [3.63, 3.8) is 0 Å². The molecule has 0 N–H and O–H groups in total. The molecule has 2 rings (SSSR count). The zero-order valence-corrected chi connectivity index (χ0v) is 11.3. The maximum atomic E-state index is 13.4. The highest BCUT2D eigenvalue weighted by atomic mass is 32.2. The quantitative estimate of drug-likeness (QED) is 0.849. The predicted molar refractivity (Wildman–Crippen MR) is 72.8 cm³/mol. The van der Waals surface area contributed by atoms with Gasteiger partial charge in [-0.2, -0.15) is 0 Å². The van der Waals surface area contributed by atoms with Crippen LogP contribution in [0.4, 0.5) is 8.78 Å². The van der Waals surface area contributed by atoms with E-state index in [1.165, 1.54) is 0 Å². The molecule has 2 nitrogen and oxygen atoms in total. The molecular formula is C15H12F2O2S. The van der Waals surface area contributed by atoms with Crippen molar-refractivity contribution in [1.29, 1.82) is 0 Å². The molecule has 5 heteroatoms. The lowest BCUT2D eigenvalue weighted by Crippen LogP contribution is -2.14.